The molecule has 5 atom stereocenters. The number of ether oxygens (including phenoxy) is 4. The first-order chi connectivity index (χ1) is 53.7. The molecule has 17 nitrogen and oxygen atoms in total. The molecule has 0 saturated carbocycles. The number of phosphoric acid groups is 2. The molecule has 0 saturated heterocycles. The molecule has 0 amide bonds. The van der Waals surface area contributed by atoms with Crippen LogP contribution < -0.4 is 0 Å². The second kappa shape index (κ2) is 81.2. The number of hydrogen-bond acceptors (Lipinski definition) is 15. The van der Waals surface area contributed by atoms with Crippen LogP contribution in [0.25, 0.3) is 0 Å². The maximum absolute atomic E-state index is 13.1. The summed E-state index contributed by atoms with van der Waals surface area (Å²) in [5.41, 5.74) is 0. The Labute approximate surface area is 666 Å². The van der Waals surface area contributed by atoms with Crippen LogP contribution in [0.1, 0.15) is 310 Å². The Morgan fingerprint density at radius 3 is 0.736 bits per heavy atom. The quantitative estimate of drug-likeness (QED) is 0.0169. The molecule has 5 unspecified atom stereocenters. The first kappa shape index (κ1) is 104. The lowest BCUT2D eigenvalue weighted by Gasteiger charge is -2.21. The normalized spacial score (nSPS) is 14.7. The van der Waals surface area contributed by atoms with Gasteiger partial charge in [0.1, 0.15) is 19.3 Å². The van der Waals surface area contributed by atoms with Gasteiger partial charge in [-0.1, -0.05) is 287 Å². The highest BCUT2D eigenvalue weighted by molar-refractivity contribution is 7.47. The van der Waals surface area contributed by atoms with Gasteiger partial charge in [-0.15, -0.1) is 0 Å². The molecule has 0 aliphatic rings. The molecule has 0 radical (unpaired) electrons. The van der Waals surface area contributed by atoms with Crippen LogP contribution in [0.15, 0.2) is 182 Å². The number of rotatable bonds is 77. The maximum atomic E-state index is 13.1. The van der Waals surface area contributed by atoms with Gasteiger partial charge < -0.3 is 33.8 Å². The van der Waals surface area contributed by atoms with Gasteiger partial charge in [-0.3, -0.25) is 37.3 Å². The minimum absolute atomic E-state index is 0.0565. The van der Waals surface area contributed by atoms with E-state index in [2.05, 4.69) is 210 Å². The number of aliphatic hydroxyl groups excluding tert-OH is 1. The standard InChI is InChI=1S/C91H148O17P2/c1-5-9-13-17-21-25-29-33-37-40-42-45-48-51-55-59-63-67-71-75-88(93)101-81-86(107-90(95)77-73-69-65-61-57-53-47-36-32-28-24-20-16-12-8-4)83-105-109(97,98)103-79-85(92)80-104-110(99,100)106-84-87(108-91(96)78-74-70-66-62-58-54-50-44-39-35-31-27-23-19-15-11-7-3)82-102-89(94)76-72-68-64-60-56-52-49-46-43-41-38-34-30-26-22-18-14-10-6-2/h9,11-13,15-16,21-28,33-39,42-43,45-47,50-51,54-55,85-87,92H,5-8,10,14,17-20,29-32,40-41,44,48-49,52-53,56-84H2,1-4H3,(H,97,98)(H,99,100)/b13-9-,15-11-,16-12-,25-21-,26-22-,27-23-,28-24-,37-33-,38-34-,39-35-,45-42-,46-43-,47-36-,54-50-,55-51-. The van der Waals surface area contributed by atoms with Crippen LogP contribution in [0.3, 0.4) is 0 Å². The first-order valence-electron chi connectivity index (χ1n) is 42.0. The van der Waals surface area contributed by atoms with Crippen LogP contribution in [0, 0.1) is 0 Å². The fraction of sp³-hybridized carbons (Fsp3) is 0.626. The van der Waals surface area contributed by atoms with Crippen molar-refractivity contribution in [2.24, 2.45) is 0 Å². The Balaban J connectivity index is 5.47. The number of hydrogen-bond donors (Lipinski definition) is 3. The molecule has 19 heteroatoms. The second-order valence-corrected chi connectivity index (χ2v) is 30.2. The minimum atomic E-state index is -5.01. The lowest BCUT2D eigenvalue weighted by molar-refractivity contribution is -0.161. The third-order valence-corrected chi connectivity index (χ3v) is 18.7. The first-order valence-corrected chi connectivity index (χ1v) is 45.0. The van der Waals surface area contributed by atoms with E-state index >= 15 is 0 Å². The van der Waals surface area contributed by atoms with Crippen molar-refractivity contribution >= 4 is 39.5 Å². The molecule has 0 heterocycles. The smallest absolute Gasteiger partial charge is 0.462 e. The lowest BCUT2D eigenvalue weighted by Crippen LogP contribution is -2.30. The number of aliphatic hydroxyl groups is 1. The molecular formula is C91H148O17P2. The molecule has 0 fully saturated rings. The zero-order valence-corrected chi connectivity index (χ0v) is 70.1. The lowest BCUT2D eigenvalue weighted by atomic mass is 10.1. The fourth-order valence-corrected chi connectivity index (χ4v) is 12.1. The number of carbonyl (C=O) groups is 4. The van der Waals surface area contributed by atoms with Gasteiger partial charge in [-0.05, 0) is 180 Å². The van der Waals surface area contributed by atoms with E-state index in [1.165, 1.54) is 19.3 Å². The summed E-state index contributed by atoms with van der Waals surface area (Å²) in [4.78, 5) is 73.2. The van der Waals surface area contributed by atoms with Gasteiger partial charge >= 0.3 is 39.5 Å². The molecule has 3 N–H and O–H groups in total. The van der Waals surface area contributed by atoms with Gasteiger partial charge in [0.25, 0.3) is 0 Å². The number of carbonyl (C=O) groups excluding carboxylic acids is 4. The number of phosphoric ester groups is 2. The molecule has 0 aromatic carbocycles. The van der Waals surface area contributed by atoms with Gasteiger partial charge in [-0.25, -0.2) is 9.13 Å². The highest BCUT2D eigenvalue weighted by Crippen LogP contribution is 2.45. The Bertz CT molecular complexity index is 2800. The molecule has 0 bridgehead atoms. The van der Waals surface area contributed by atoms with Crippen molar-refractivity contribution in [3.63, 3.8) is 0 Å². The van der Waals surface area contributed by atoms with Crippen molar-refractivity contribution < 1.29 is 80.2 Å². The van der Waals surface area contributed by atoms with Crippen molar-refractivity contribution in [2.45, 2.75) is 329 Å². The van der Waals surface area contributed by atoms with E-state index in [0.29, 0.717) is 25.7 Å². The zero-order chi connectivity index (χ0) is 80.3. The summed E-state index contributed by atoms with van der Waals surface area (Å²) < 4.78 is 68.7. The summed E-state index contributed by atoms with van der Waals surface area (Å²) in [6.45, 7) is 4.41. The van der Waals surface area contributed by atoms with Crippen molar-refractivity contribution in [1.29, 1.82) is 0 Å². The number of esters is 4. The van der Waals surface area contributed by atoms with E-state index < -0.39 is 97.5 Å². The van der Waals surface area contributed by atoms with E-state index in [9.17, 15) is 43.2 Å². The predicted octanol–water partition coefficient (Wildman–Crippen LogP) is 25.1. The SMILES string of the molecule is CC/C=C\C/C=C\C/C=C\C/C=C\C/C=C\CCCCCC(=O)OCC(COP(=O)(O)OCC(O)COP(=O)(O)OCC(COC(=O)CCCCCCCC/C=C\C/C=C\C/C=C\CCCCC)OC(=O)CCCCCC/C=C\C/C=C\C/C=C\C/C=C\CC)OC(=O)CCCCCCC/C=C\C/C=C\C/C=C\CC. The van der Waals surface area contributed by atoms with Gasteiger partial charge in [-0.2, -0.15) is 0 Å². The number of unbranched alkanes of at least 4 members (excludes halogenated alkanes) is 21. The minimum Gasteiger partial charge on any atom is -0.462 e. The molecule has 0 aliphatic carbocycles. The predicted molar refractivity (Wildman–Crippen MR) is 454 cm³/mol. The highest BCUT2D eigenvalue weighted by Gasteiger charge is 2.30. The summed E-state index contributed by atoms with van der Waals surface area (Å²) in [6, 6.07) is 0. The van der Waals surface area contributed by atoms with Crippen LogP contribution in [-0.4, -0.2) is 96.7 Å². The summed E-state index contributed by atoms with van der Waals surface area (Å²) in [7, 11) is -10.0. The molecule has 0 aromatic heterocycles. The average Bonchev–Trinajstić information content (AvgIpc) is 0.899. The molecular weight excluding hydrogens is 1430 g/mol. The molecule has 0 spiro atoms. The van der Waals surface area contributed by atoms with E-state index in [4.69, 9.17) is 37.0 Å². The van der Waals surface area contributed by atoms with Crippen molar-refractivity contribution in [3.8, 4) is 0 Å². The third-order valence-electron chi connectivity index (χ3n) is 16.8. The molecule has 110 heavy (non-hydrogen) atoms. The van der Waals surface area contributed by atoms with Gasteiger partial charge in [0.2, 0.25) is 0 Å². The van der Waals surface area contributed by atoms with E-state index in [1.54, 1.807) is 0 Å². The summed E-state index contributed by atoms with van der Waals surface area (Å²) >= 11 is 0. The van der Waals surface area contributed by atoms with Crippen LogP contribution in [-0.2, 0) is 65.4 Å². The Morgan fingerprint density at radius 2 is 0.473 bits per heavy atom. The monoisotopic (exact) mass is 1580 g/mol. The summed E-state index contributed by atoms with van der Waals surface area (Å²) in [5, 5.41) is 10.7. The van der Waals surface area contributed by atoms with E-state index in [-0.39, 0.29) is 25.7 Å². The second-order valence-electron chi connectivity index (χ2n) is 27.3. The van der Waals surface area contributed by atoms with E-state index in [1.807, 2.05) is 0 Å². The van der Waals surface area contributed by atoms with Gasteiger partial charge in [0.05, 0.1) is 26.4 Å². The fourth-order valence-electron chi connectivity index (χ4n) is 10.6. The van der Waals surface area contributed by atoms with Gasteiger partial charge in [0.15, 0.2) is 12.2 Å². The van der Waals surface area contributed by atoms with Crippen molar-refractivity contribution in [3.05, 3.63) is 182 Å². The Morgan fingerprint density at radius 1 is 0.264 bits per heavy atom. The molecule has 0 rings (SSSR count). The van der Waals surface area contributed by atoms with Crippen molar-refractivity contribution in [1.82, 2.24) is 0 Å². The Hall–Kier alpha value is -5.84. The highest BCUT2D eigenvalue weighted by atomic mass is 31.2. The number of allylic oxidation sites excluding steroid dienone is 30. The summed E-state index contributed by atoms with van der Waals surface area (Å²) in [5.74, 6) is -2.28. The summed E-state index contributed by atoms with van der Waals surface area (Å²) in [6.07, 6.45) is 98.5. The van der Waals surface area contributed by atoms with Crippen LogP contribution in [0.2, 0.25) is 0 Å². The van der Waals surface area contributed by atoms with E-state index in [0.717, 1.165) is 212 Å². The van der Waals surface area contributed by atoms with Crippen LogP contribution in [0.5, 0.6) is 0 Å². The molecule has 0 aromatic rings. The Kier molecular flexibility index (Phi) is 76.9. The van der Waals surface area contributed by atoms with Crippen LogP contribution >= 0.6 is 15.6 Å². The zero-order valence-electron chi connectivity index (χ0n) is 68.4. The molecule has 624 valence electrons. The average molecular weight is 1580 g/mol. The molecule has 0 aliphatic heterocycles. The third kappa shape index (κ3) is 80.2. The van der Waals surface area contributed by atoms with Gasteiger partial charge in [0, 0.05) is 25.7 Å². The maximum Gasteiger partial charge on any atom is 0.472 e. The topological polar surface area (TPSA) is 237 Å². The van der Waals surface area contributed by atoms with Crippen molar-refractivity contribution in [2.75, 3.05) is 39.6 Å². The largest absolute Gasteiger partial charge is 0.472 e. The van der Waals surface area contributed by atoms with Crippen LogP contribution in [0.4, 0.5) is 0 Å².